The molecule has 1 saturated heterocycles. The molecule has 120 valence electrons. The first-order valence-corrected chi connectivity index (χ1v) is 8.56. The number of benzene rings is 1. The van der Waals surface area contributed by atoms with Gasteiger partial charge in [-0.1, -0.05) is 19.3 Å². The predicted molar refractivity (Wildman–Crippen MR) is 86.5 cm³/mol. The van der Waals surface area contributed by atoms with Gasteiger partial charge in [0.1, 0.15) is 11.4 Å². The van der Waals surface area contributed by atoms with Gasteiger partial charge in [0.05, 0.1) is 33.3 Å². The third-order valence-corrected chi connectivity index (χ3v) is 5.13. The fraction of sp³-hybridized carbons (Fsp3) is 0.611. The minimum Gasteiger partial charge on any atom is -0.497 e. The van der Waals surface area contributed by atoms with E-state index in [1.54, 1.807) is 7.11 Å². The number of amides is 1. The molecule has 0 bridgehead atoms. The molecule has 1 heterocycles. The summed E-state index contributed by atoms with van der Waals surface area (Å²) in [5.41, 5.74) is 1.30. The second-order valence-electron chi connectivity index (χ2n) is 6.49. The zero-order valence-electron chi connectivity index (χ0n) is 13.5. The number of quaternary nitrogens is 1. The van der Waals surface area contributed by atoms with E-state index in [1.807, 2.05) is 12.1 Å². The highest BCUT2D eigenvalue weighted by Gasteiger charge is 2.30. The summed E-state index contributed by atoms with van der Waals surface area (Å²) in [6.07, 6.45) is 5.97. The number of rotatable bonds is 3. The molecule has 1 aliphatic carbocycles. The maximum absolute atomic E-state index is 12.6. The van der Waals surface area contributed by atoms with Crippen molar-refractivity contribution < 1.29 is 14.4 Å². The van der Waals surface area contributed by atoms with E-state index in [0.29, 0.717) is 11.8 Å². The predicted octanol–water partition coefficient (Wildman–Crippen LogP) is 1.63. The second kappa shape index (κ2) is 7.14. The van der Waals surface area contributed by atoms with Crippen LogP contribution in [0.2, 0.25) is 0 Å². The number of nitrogens with zero attached hydrogens (tertiary/aromatic N) is 1. The van der Waals surface area contributed by atoms with Crippen molar-refractivity contribution in [1.29, 1.82) is 0 Å². The Balaban J connectivity index is 1.54. The molecule has 2 fully saturated rings. The highest BCUT2D eigenvalue weighted by molar-refractivity contribution is 5.79. The summed E-state index contributed by atoms with van der Waals surface area (Å²) >= 11 is 0. The lowest BCUT2D eigenvalue weighted by atomic mass is 9.88. The van der Waals surface area contributed by atoms with Gasteiger partial charge in [0.2, 0.25) is 5.91 Å². The van der Waals surface area contributed by atoms with E-state index in [2.05, 4.69) is 17.0 Å². The van der Waals surface area contributed by atoms with Gasteiger partial charge >= 0.3 is 0 Å². The Labute approximate surface area is 133 Å². The number of methoxy groups -OCH3 is 1. The molecule has 22 heavy (non-hydrogen) atoms. The van der Waals surface area contributed by atoms with Gasteiger partial charge in [0.15, 0.2) is 0 Å². The molecule has 1 aromatic carbocycles. The van der Waals surface area contributed by atoms with E-state index in [4.69, 9.17) is 4.74 Å². The Hall–Kier alpha value is -1.55. The molecular weight excluding hydrogens is 276 g/mol. The van der Waals surface area contributed by atoms with Crippen LogP contribution in [-0.2, 0) is 4.79 Å². The first kappa shape index (κ1) is 15.3. The summed E-state index contributed by atoms with van der Waals surface area (Å²) in [4.78, 5) is 16.1. The van der Waals surface area contributed by atoms with Crippen molar-refractivity contribution >= 4 is 11.6 Å². The Morgan fingerprint density at radius 3 is 2.32 bits per heavy atom. The topological polar surface area (TPSA) is 34.0 Å². The molecule has 1 aromatic rings. The van der Waals surface area contributed by atoms with Crippen LogP contribution in [0.4, 0.5) is 5.69 Å². The summed E-state index contributed by atoms with van der Waals surface area (Å²) in [6.45, 7) is 3.78. The molecule has 1 amide bonds. The molecule has 4 heteroatoms. The molecule has 0 radical (unpaired) electrons. The van der Waals surface area contributed by atoms with Crippen molar-refractivity contribution in [1.82, 2.24) is 4.90 Å². The van der Waals surface area contributed by atoms with Crippen molar-refractivity contribution in [2.45, 2.75) is 32.1 Å². The molecule has 3 rings (SSSR count). The van der Waals surface area contributed by atoms with Crippen molar-refractivity contribution in [2.75, 3.05) is 33.3 Å². The summed E-state index contributed by atoms with van der Waals surface area (Å²) < 4.78 is 5.21. The Bertz CT molecular complexity index is 486. The first-order chi connectivity index (χ1) is 10.8. The van der Waals surface area contributed by atoms with Crippen LogP contribution in [0.3, 0.4) is 0 Å². The van der Waals surface area contributed by atoms with Gasteiger partial charge in [-0.15, -0.1) is 0 Å². The number of piperazine rings is 1. The van der Waals surface area contributed by atoms with Crippen LogP contribution in [-0.4, -0.2) is 44.1 Å². The number of hydrogen-bond acceptors (Lipinski definition) is 2. The molecule has 1 aliphatic heterocycles. The smallest absolute Gasteiger partial charge is 0.226 e. The van der Waals surface area contributed by atoms with E-state index in [0.717, 1.165) is 44.8 Å². The molecular formula is C18H27N2O2+. The van der Waals surface area contributed by atoms with E-state index < -0.39 is 0 Å². The maximum atomic E-state index is 12.6. The lowest BCUT2D eigenvalue weighted by Gasteiger charge is -2.35. The first-order valence-electron chi connectivity index (χ1n) is 8.56. The summed E-state index contributed by atoms with van der Waals surface area (Å²) in [7, 11) is 1.69. The third kappa shape index (κ3) is 3.43. The van der Waals surface area contributed by atoms with Crippen LogP contribution >= 0.6 is 0 Å². The standard InChI is InChI=1S/C18H26N2O2/c1-22-17-9-7-16(8-10-17)19-11-13-20(14-12-19)18(21)15-5-3-2-4-6-15/h7-10,15H,2-6,11-14H2,1H3/p+1. The lowest BCUT2D eigenvalue weighted by Crippen LogP contribution is -3.10. The molecule has 4 nitrogen and oxygen atoms in total. The SMILES string of the molecule is COc1ccc([NH+]2CCN(C(=O)C3CCCCC3)CC2)cc1. The van der Waals surface area contributed by atoms with Crippen LogP contribution in [0.15, 0.2) is 24.3 Å². The Morgan fingerprint density at radius 1 is 1.09 bits per heavy atom. The van der Waals surface area contributed by atoms with Gasteiger partial charge in [0, 0.05) is 18.1 Å². The van der Waals surface area contributed by atoms with Gasteiger partial charge in [-0.25, -0.2) is 0 Å². The van der Waals surface area contributed by atoms with Crippen molar-refractivity contribution in [3.63, 3.8) is 0 Å². The Kier molecular flexibility index (Phi) is 4.98. The normalized spacial score (nSPS) is 20.9. The van der Waals surface area contributed by atoms with Crippen LogP contribution in [0, 0.1) is 5.92 Å². The number of ether oxygens (including phenoxy) is 1. The van der Waals surface area contributed by atoms with Crippen LogP contribution in [0.25, 0.3) is 0 Å². The van der Waals surface area contributed by atoms with E-state index in [9.17, 15) is 4.79 Å². The number of carbonyl (C=O) groups is 1. The van der Waals surface area contributed by atoms with E-state index in [-0.39, 0.29) is 0 Å². The minimum atomic E-state index is 0.302. The van der Waals surface area contributed by atoms with Crippen molar-refractivity contribution in [3.05, 3.63) is 24.3 Å². The fourth-order valence-corrected chi connectivity index (χ4v) is 3.72. The van der Waals surface area contributed by atoms with Crippen LogP contribution in [0.5, 0.6) is 5.75 Å². The fourth-order valence-electron chi connectivity index (χ4n) is 3.72. The Morgan fingerprint density at radius 2 is 1.73 bits per heavy atom. The molecule has 0 spiro atoms. The van der Waals surface area contributed by atoms with Gasteiger partial charge < -0.3 is 9.64 Å². The average molecular weight is 303 g/mol. The monoisotopic (exact) mass is 303 g/mol. The zero-order chi connectivity index (χ0) is 15.4. The summed E-state index contributed by atoms with van der Waals surface area (Å²) in [5, 5.41) is 0. The van der Waals surface area contributed by atoms with E-state index >= 15 is 0 Å². The molecule has 0 aromatic heterocycles. The molecule has 1 N–H and O–H groups in total. The van der Waals surface area contributed by atoms with Crippen LogP contribution < -0.4 is 9.64 Å². The largest absolute Gasteiger partial charge is 0.497 e. The van der Waals surface area contributed by atoms with Crippen molar-refractivity contribution in [2.24, 2.45) is 5.92 Å². The maximum Gasteiger partial charge on any atom is 0.226 e. The average Bonchev–Trinajstić information content (AvgIpc) is 2.62. The van der Waals surface area contributed by atoms with Gasteiger partial charge in [-0.2, -0.15) is 0 Å². The van der Waals surface area contributed by atoms with E-state index in [1.165, 1.54) is 29.8 Å². The molecule has 0 atom stereocenters. The van der Waals surface area contributed by atoms with Gasteiger partial charge in [-0.05, 0) is 25.0 Å². The minimum absolute atomic E-state index is 0.302. The zero-order valence-corrected chi connectivity index (χ0v) is 13.5. The highest BCUT2D eigenvalue weighted by Crippen LogP contribution is 2.25. The van der Waals surface area contributed by atoms with Gasteiger partial charge in [0.25, 0.3) is 0 Å². The summed E-state index contributed by atoms with van der Waals surface area (Å²) in [6, 6.07) is 8.29. The van der Waals surface area contributed by atoms with Crippen LogP contribution in [0.1, 0.15) is 32.1 Å². The number of hydrogen-bond donors (Lipinski definition) is 1. The molecule has 1 saturated carbocycles. The quantitative estimate of drug-likeness (QED) is 0.921. The summed E-state index contributed by atoms with van der Waals surface area (Å²) in [5.74, 6) is 1.61. The highest BCUT2D eigenvalue weighted by atomic mass is 16.5. The van der Waals surface area contributed by atoms with Gasteiger partial charge in [-0.3, -0.25) is 9.69 Å². The number of nitrogens with one attached hydrogen (secondary N) is 1. The lowest BCUT2D eigenvalue weighted by molar-refractivity contribution is -0.837. The molecule has 0 unspecified atom stereocenters. The number of carbonyl (C=O) groups excluding carboxylic acids is 1. The third-order valence-electron chi connectivity index (χ3n) is 5.13. The van der Waals surface area contributed by atoms with Crippen molar-refractivity contribution in [3.8, 4) is 5.75 Å². The molecule has 2 aliphatic rings. The second-order valence-corrected chi connectivity index (χ2v) is 6.49.